The summed E-state index contributed by atoms with van der Waals surface area (Å²) in [7, 11) is 0. The van der Waals surface area contributed by atoms with Crippen LogP contribution in [-0.2, 0) is 19.1 Å². The Morgan fingerprint density at radius 1 is 1.23 bits per heavy atom. The second kappa shape index (κ2) is 8.05. The molecule has 140 valence electrons. The van der Waals surface area contributed by atoms with Crippen LogP contribution in [-0.4, -0.2) is 60.1 Å². The third kappa shape index (κ3) is 4.16. The number of nitrogens with zero attached hydrogens (tertiary/aromatic N) is 2. The molecule has 0 aliphatic carbocycles. The van der Waals surface area contributed by atoms with Gasteiger partial charge in [0, 0.05) is 42.9 Å². The van der Waals surface area contributed by atoms with Crippen molar-refractivity contribution in [2.75, 3.05) is 31.2 Å². The van der Waals surface area contributed by atoms with E-state index in [1.165, 1.54) is 4.90 Å². The number of hydrogen-bond donors (Lipinski definition) is 1. The number of carbonyl (C=O) groups is 3. The minimum Gasteiger partial charge on any atom is -0.480 e. The van der Waals surface area contributed by atoms with E-state index in [0.29, 0.717) is 36.8 Å². The molecule has 26 heavy (non-hydrogen) atoms. The highest BCUT2D eigenvalue weighted by atomic mass is 35.5. The highest BCUT2D eigenvalue weighted by Crippen LogP contribution is 2.28. The molecular weight excluding hydrogens is 360 g/mol. The van der Waals surface area contributed by atoms with Crippen molar-refractivity contribution in [3.8, 4) is 0 Å². The highest BCUT2D eigenvalue weighted by molar-refractivity contribution is 6.30. The first-order chi connectivity index (χ1) is 12.5. The molecule has 0 saturated carbocycles. The van der Waals surface area contributed by atoms with Crippen molar-refractivity contribution >= 4 is 35.1 Å². The lowest BCUT2D eigenvalue weighted by Crippen LogP contribution is -2.48. The van der Waals surface area contributed by atoms with E-state index in [0.717, 1.165) is 0 Å². The third-order valence-corrected chi connectivity index (χ3v) is 5.08. The number of amides is 2. The zero-order chi connectivity index (χ0) is 18.7. The molecule has 0 bridgehead atoms. The molecule has 1 N–H and O–H groups in total. The Morgan fingerprint density at radius 2 is 1.88 bits per heavy atom. The van der Waals surface area contributed by atoms with Crippen LogP contribution in [0.25, 0.3) is 0 Å². The van der Waals surface area contributed by atoms with E-state index in [2.05, 4.69) is 0 Å². The zero-order valence-electron chi connectivity index (χ0n) is 14.3. The molecule has 8 heteroatoms. The number of hydrogen-bond acceptors (Lipinski definition) is 4. The summed E-state index contributed by atoms with van der Waals surface area (Å²) in [5.74, 6) is -2.01. The van der Waals surface area contributed by atoms with E-state index in [-0.39, 0.29) is 37.4 Å². The zero-order valence-corrected chi connectivity index (χ0v) is 15.0. The Labute approximate surface area is 156 Å². The van der Waals surface area contributed by atoms with Gasteiger partial charge in [0.1, 0.15) is 6.54 Å². The average molecular weight is 381 g/mol. The predicted octanol–water partition coefficient (Wildman–Crippen LogP) is 1.79. The van der Waals surface area contributed by atoms with Crippen molar-refractivity contribution in [2.24, 2.45) is 5.92 Å². The Balaban J connectivity index is 1.73. The van der Waals surface area contributed by atoms with Crippen molar-refractivity contribution in [2.45, 2.75) is 25.3 Å². The Kier molecular flexibility index (Phi) is 5.78. The van der Waals surface area contributed by atoms with Gasteiger partial charge in [-0.3, -0.25) is 14.4 Å². The number of aliphatic carboxylic acids is 1. The van der Waals surface area contributed by atoms with Crippen LogP contribution in [0, 0.1) is 5.92 Å². The number of ether oxygens (including phenoxy) is 1. The normalized spacial score (nSPS) is 21.0. The lowest BCUT2D eigenvalue weighted by atomic mass is 10.0. The van der Waals surface area contributed by atoms with E-state index < -0.39 is 11.9 Å². The van der Waals surface area contributed by atoms with E-state index in [1.54, 1.807) is 29.2 Å². The fraction of sp³-hybridized carbons (Fsp3) is 0.500. The molecule has 1 atom stereocenters. The summed E-state index contributed by atoms with van der Waals surface area (Å²) in [5, 5.41) is 9.77. The minimum absolute atomic E-state index is 0.0841. The third-order valence-electron chi connectivity index (χ3n) is 4.83. The van der Waals surface area contributed by atoms with Gasteiger partial charge in [0.2, 0.25) is 11.8 Å². The summed E-state index contributed by atoms with van der Waals surface area (Å²) in [6.45, 7) is 0.914. The molecule has 1 aromatic rings. The van der Waals surface area contributed by atoms with Gasteiger partial charge < -0.3 is 19.6 Å². The standard InChI is InChI=1S/C18H21ClN2O5/c19-13-1-3-14(4-2-13)20-10-12(9-16(20)22)18(25)21(11-17(23)24)15-5-7-26-8-6-15/h1-4,12,15H,5-11H2,(H,23,24)/t12-/m1/s1. The van der Waals surface area contributed by atoms with Gasteiger partial charge in [-0.1, -0.05) is 11.6 Å². The maximum absolute atomic E-state index is 13.0. The van der Waals surface area contributed by atoms with Crippen molar-refractivity contribution in [1.29, 1.82) is 0 Å². The van der Waals surface area contributed by atoms with Crippen LogP contribution in [0.1, 0.15) is 19.3 Å². The van der Waals surface area contributed by atoms with Gasteiger partial charge in [-0.2, -0.15) is 0 Å². The van der Waals surface area contributed by atoms with E-state index in [9.17, 15) is 19.5 Å². The molecule has 2 aliphatic heterocycles. The van der Waals surface area contributed by atoms with Crippen molar-refractivity contribution in [3.63, 3.8) is 0 Å². The monoisotopic (exact) mass is 380 g/mol. The number of benzene rings is 1. The molecule has 7 nitrogen and oxygen atoms in total. The van der Waals surface area contributed by atoms with Crippen LogP contribution in [0.15, 0.2) is 24.3 Å². The van der Waals surface area contributed by atoms with Crippen molar-refractivity contribution in [1.82, 2.24) is 4.90 Å². The largest absolute Gasteiger partial charge is 0.480 e. The van der Waals surface area contributed by atoms with Gasteiger partial charge in [0.05, 0.1) is 5.92 Å². The number of anilines is 1. The first-order valence-corrected chi connectivity index (χ1v) is 8.99. The highest BCUT2D eigenvalue weighted by Gasteiger charge is 2.39. The van der Waals surface area contributed by atoms with Crippen LogP contribution in [0.4, 0.5) is 5.69 Å². The van der Waals surface area contributed by atoms with E-state index >= 15 is 0 Å². The summed E-state index contributed by atoms with van der Waals surface area (Å²) in [6.07, 6.45) is 1.31. The van der Waals surface area contributed by atoms with Crippen molar-refractivity contribution < 1.29 is 24.2 Å². The molecule has 0 aromatic heterocycles. The summed E-state index contributed by atoms with van der Waals surface area (Å²) < 4.78 is 5.30. The summed E-state index contributed by atoms with van der Waals surface area (Å²) in [4.78, 5) is 39.6. The van der Waals surface area contributed by atoms with E-state index in [4.69, 9.17) is 16.3 Å². The minimum atomic E-state index is -1.05. The number of carboxylic acids is 1. The molecule has 2 heterocycles. The van der Waals surface area contributed by atoms with Gasteiger partial charge in [-0.25, -0.2) is 0 Å². The molecule has 0 spiro atoms. The summed E-state index contributed by atoms with van der Waals surface area (Å²) >= 11 is 5.88. The quantitative estimate of drug-likeness (QED) is 0.841. The Bertz CT molecular complexity index is 687. The molecule has 3 rings (SSSR count). The lowest BCUT2D eigenvalue weighted by Gasteiger charge is -2.34. The van der Waals surface area contributed by atoms with Gasteiger partial charge in [0.15, 0.2) is 0 Å². The molecule has 0 unspecified atom stereocenters. The van der Waals surface area contributed by atoms with Gasteiger partial charge in [-0.05, 0) is 37.1 Å². The fourth-order valence-corrected chi connectivity index (χ4v) is 3.63. The lowest BCUT2D eigenvalue weighted by molar-refractivity contribution is -0.149. The smallest absolute Gasteiger partial charge is 0.323 e. The maximum Gasteiger partial charge on any atom is 0.323 e. The topological polar surface area (TPSA) is 87.2 Å². The molecule has 2 aliphatic rings. The molecule has 2 amide bonds. The molecule has 1 aromatic carbocycles. The molecule has 2 fully saturated rings. The Hall–Kier alpha value is -2.12. The van der Waals surface area contributed by atoms with Gasteiger partial charge in [-0.15, -0.1) is 0 Å². The van der Waals surface area contributed by atoms with E-state index in [1.807, 2.05) is 0 Å². The Morgan fingerprint density at radius 3 is 2.50 bits per heavy atom. The molecular formula is C18H21ClN2O5. The maximum atomic E-state index is 13.0. The number of carboxylic acid groups (broad SMARTS) is 1. The second-order valence-electron chi connectivity index (χ2n) is 6.59. The summed E-state index contributed by atoms with van der Waals surface area (Å²) in [6, 6.07) is 6.70. The predicted molar refractivity (Wildman–Crippen MR) is 95.1 cm³/mol. The molecule has 0 radical (unpaired) electrons. The van der Waals surface area contributed by atoms with Crippen LogP contribution in [0.2, 0.25) is 5.02 Å². The van der Waals surface area contributed by atoms with Crippen LogP contribution in [0.5, 0.6) is 0 Å². The van der Waals surface area contributed by atoms with Crippen LogP contribution < -0.4 is 4.90 Å². The second-order valence-corrected chi connectivity index (χ2v) is 7.02. The van der Waals surface area contributed by atoms with Crippen LogP contribution >= 0.6 is 11.6 Å². The van der Waals surface area contributed by atoms with Gasteiger partial charge in [0.25, 0.3) is 0 Å². The SMILES string of the molecule is O=C(O)CN(C(=O)[C@@H]1CC(=O)N(c2ccc(Cl)cc2)C1)C1CCOCC1. The summed E-state index contributed by atoms with van der Waals surface area (Å²) in [5.41, 5.74) is 0.686. The molecule has 2 saturated heterocycles. The van der Waals surface area contributed by atoms with Crippen molar-refractivity contribution in [3.05, 3.63) is 29.3 Å². The van der Waals surface area contributed by atoms with Crippen LogP contribution in [0.3, 0.4) is 0 Å². The van der Waals surface area contributed by atoms with Gasteiger partial charge >= 0.3 is 5.97 Å². The number of rotatable bonds is 5. The first-order valence-electron chi connectivity index (χ1n) is 8.61. The number of halogens is 1. The average Bonchev–Trinajstić information content (AvgIpc) is 3.02. The first kappa shape index (κ1) is 18.7. The number of carbonyl (C=O) groups excluding carboxylic acids is 2. The fourth-order valence-electron chi connectivity index (χ4n) is 3.51.